The Morgan fingerprint density at radius 3 is 2.76 bits per heavy atom. The van der Waals surface area contributed by atoms with Crippen LogP contribution in [-0.2, 0) is 4.74 Å². The van der Waals surface area contributed by atoms with Crippen LogP contribution in [-0.4, -0.2) is 24.4 Å². The Balaban J connectivity index is 2.02. The molecule has 3 heteroatoms. The molecular formula is C14H15BrO2. The zero-order chi connectivity index (χ0) is 11.8. The lowest BCUT2D eigenvalue weighted by atomic mass is 9.80. The van der Waals surface area contributed by atoms with Gasteiger partial charge in [-0.25, -0.2) is 0 Å². The summed E-state index contributed by atoms with van der Waals surface area (Å²) in [6.07, 6.45) is 1.40. The minimum atomic E-state index is -0.218. The smallest absolute Gasteiger partial charge is 0.0686 e. The monoisotopic (exact) mass is 294 g/mol. The molecule has 0 unspecified atom stereocenters. The van der Waals surface area contributed by atoms with Crippen LogP contribution in [0.3, 0.4) is 0 Å². The summed E-state index contributed by atoms with van der Waals surface area (Å²) in [5.74, 6) is 0.428. The van der Waals surface area contributed by atoms with Gasteiger partial charge in [-0.15, -0.1) is 0 Å². The van der Waals surface area contributed by atoms with Gasteiger partial charge in [0.1, 0.15) is 0 Å². The average Bonchev–Trinajstić information content (AvgIpc) is 2.77. The molecule has 0 aromatic heterocycles. The van der Waals surface area contributed by atoms with Gasteiger partial charge >= 0.3 is 0 Å². The van der Waals surface area contributed by atoms with Crippen LogP contribution in [0, 0.1) is 5.92 Å². The van der Waals surface area contributed by atoms with E-state index in [4.69, 9.17) is 4.74 Å². The summed E-state index contributed by atoms with van der Waals surface area (Å²) >= 11 is 3.45. The normalized spacial score (nSPS) is 28.4. The highest BCUT2D eigenvalue weighted by atomic mass is 79.9. The fourth-order valence-corrected chi connectivity index (χ4v) is 3.07. The first kappa shape index (κ1) is 11.5. The van der Waals surface area contributed by atoms with E-state index in [1.165, 1.54) is 16.7 Å². The Labute approximate surface area is 109 Å². The summed E-state index contributed by atoms with van der Waals surface area (Å²) < 4.78 is 6.62. The number of halogens is 1. The van der Waals surface area contributed by atoms with E-state index in [2.05, 4.69) is 40.2 Å². The average molecular weight is 295 g/mol. The lowest BCUT2D eigenvalue weighted by Crippen LogP contribution is -2.21. The van der Waals surface area contributed by atoms with Gasteiger partial charge in [-0.05, 0) is 41.7 Å². The fourth-order valence-electron chi connectivity index (χ4n) is 2.81. The van der Waals surface area contributed by atoms with Gasteiger partial charge < -0.3 is 9.84 Å². The SMILES string of the molecule is O[C@@H]1CC(c2ccc(Br)cc2)=C2COC[C@H]2C1. The summed E-state index contributed by atoms with van der Waals surface area (Å²) in [6, 6.07) is 8.32. The van der Waals surface area contributed by atoms with Crippen LogP contribution in [0.2, 0.25) is 0 Å². The van der Waals surface area contributed by atoms with E-state index >= 15 is 0 Å². The molecule has 2 nitrogen and oxygen atoms in total. The molecule has 2 aliphatic rings. The van der Waals surface area contributed by atoms with Crippen molar-refractivity contribution >= 4 is 21.5 Å². The molecule has 1 aliphatic heterocycles. The van der Waals surface area contributed by atoms with Gasteiger partial charge in [0.05, 0.1) is 19.3 Å². The van der Waals surface area contributed by atoms with E-state index in [0.29, 0.717) is 5.92 Å². The molecule has 3 rings (SSSR count). The maximum Gasteiger partial charge on any atom is 0.0686 e. The van der Waals surface area contributed by atoms with E-state index in [0.717, 1.165) is 30.5 Å². The van der Waals surface area contributed by atoms with Gasteiger partial charge in [0.15, 0.2) is 0 Å². The molecule has 2 atom stereocenters. The quantitative estimate of drug-likeness (QED) is 0.863. The zero-order valence-corrected chi connectivity index (χ0v) is 11.1. The zero-order valence-electron chi connectivity index (χ0n) is 9.53. The number of ether oxygens (including phenoxy) is 1. The van der Waals surface area contributed by atoms with Crippen LogP contribution >= 0.6 is 15.9 Å². The minimum absolute atomic E-state index is 0.218. The van der Waals surface area contributed by atoms with Crippen molar-refractivity contribution < 1.29 is 9.84 Å². The molecule has 17 heavy (non-hydrogen) atoms. The second-order valence-corrected chi connectivity index (χ2v) is 5.73. The Kier molecular flexibility index (Phi) is 3.07. The van der Waals surface area contributed by atoms with Crippen molar-refractivity contribution in [1.82, 2.24) is 0 Å². The number of fused-ring (bicyclic) bond motifs is 1. The van der Waals surface area contributed by atoms with E-state index in [-0.39, 0.29) is 6.10 Å². The topological polar surface area (TPSA) is 29.5 Å². The summed E-state index contributed by atoms with van der Waals surface area (Å²) in [5, 5.41) is 9.94. The fraction of sp³-hybridized carbons (Fsp3) is 0.429. The number of aliphatic hydroxyl groups excluding tert-OH is 1. The first-order valence-corrected chi connectivity index (χ1v) is 6.77. The summed E-state index contributed by atoms with van der Waals surface area (Å²) in [7, 11) is 0. The van der Waals surface area contributed by atoms with Crippen LogP contribution in [0.5, 0.6) is 0 Å². The number of aliphatic hydroxyl groups is 1. The molecule has 1 N–H and O–H groups in total. The van der Waals surface area contributed by atoms with Crippen LogP contribution in [0.4, 0.5) is 0 Å². The Morgan fingerprint density at radius 2 is 2.00 bits per heavy atom. The second-order valence-electron chi connectivity index (χ2n) is 4.82. The molecule has 0 amide bonds. The second kappa shape index (κ2) is 4.56. The van der Waals surface area contributed by atoms with Crippen LogP contribution < -0.4 is 0 Å². The molecule has 1 aromatic rings. The van der Waals surface area contributed by atoms with Crippen molar-refractivity contribution in [2.75, 3.05) is 13.2 Å². The van der Waals surface area contributed by atoms with Crippen molar-refractivity contribution in [1.29, 1.82) is 0 Å². The van der Waals surface area contributed by atoms with Crippen LogP contribution in [0.1, 0.15) is 18.4 Å². The maximum atomic E-state index is 9.94. The highest BCUT2D eigenvalue weighted by Gasteiger charge is 2.32. The lowest BCUT2D eigenvalue weighted by Gasteiger charge is -2.26. The summed E-state index contributed by atoms with van der Waals surface area (Å²) in [6.45, 7) is 1.51. The number of hydrogen-bond acceptors (Lipinski definition) is 2. The van der Waals surface area contributed by atoms with Crippen LogP contribution in [0.15, 0.2) is 34.3 Å². The Morgan fingerprint density at radius 1 is 1.24 bits per heavy atom. The Hall–Kier alpha value is -0.640. The third-order valence-electron chi connectivity index (χ3n) is 3.65. The van der Waals surface area contributed by atoms with Gasteiger partial charge in [0.2, 0.25) is 0 Å². The van der Waals surface area contributed by atoms with Gasteiger partial charge in [-0.1, -0.05) is 28.1 Å². The van der Waals surface area contributed by atoms with Gasteiger partial charge in [0, 0.05) is 10.4 Å². The van der Waals surface area contributed by atoms with Crippen molar-refractivity contribution in [2.45, 2.75) is 18.9 Å². The predicted molar refractivity (Wildman–Crippen MR) is 70.6 cm³/mol. The first-order valence-electron chi connectivity index (χ1n) is 5.97. The molecule has 1 fully saturated rings. The number of hydrogen-bond donors (Lipinski definition) is 1. The number of benzene rings is 1. The third-order valence-corrected chi connectivity index (χ3v) is 4.17. The van der Waals surface area contributed by atoms with E-state index in [1.54, 1.807) is 0 Å². The molecule has 1 heterocycles. The molecule has 90 valence electrons. The van der Waals surface area contributed by atoms with Crippen molar-refractivity contribution in [3.05, 3.63) is 39.9 Å². The Bertz CT molecular complexity index is 450. The van der Waals surface area contributed by atoms with E-state index < -0.39 is 0 Å². The summed E-state index contributed by atoms with van der Waals surface area (Å²) in [5.41, 5.74) is 3.91. The molecular weight excluding hydrogens is 280 g/mol. The predicted octanol–water partition coefficient (Wildman–Crippen LogP) is 3.00. The lowest BCUT2D eigenvalue weighted by molar-refractivity contribution is 0.131. The molecule has 0 radical (unpaired) electrons. The molecule has 1 aromatic carbocycles. The largest absolute Gasteiger partial charge is 0.393 e. The summed E-state index contributed by atoms with van der Waals surface area (Å²) in [4.78, 5) is 0. The van der Waals surface area contributed by atoms with Crippen molar-refractivity contribution in [3.63, 3.8) is 0 Å². The van der Waals surface area contributed by atoms with Crippen molar-refractivity contribution in [2.24, 2.45) is 5.92 Å². The molecule has 1 saturated heterocycles. The highest BCUT2D eigenvalue weighted by Crippen LogP contribution is 2.39. The van der Waals surface area contributed by atoms with Gasteiger partial charge in [-0.2, -0.15) is 0 Å². The minimum Gasteiger partial charge on any atom is -0.393 e. The molecule has 0 spiro atoms. The van der Waals surface area contributed by atoms with Gasteiger partial charge in [-0.3, -0.25) is 0 Å². The maximum absolute atomic E-state index is 9.94. The highest BCUT2D eigenvalue weighted by molar-refractivity contribution is 9.10. The van der Waals surface area contributed by atoms with Crippen molar-refractivity contribution in [3.8, 4) is 0 Å². The number of rotatable bonds is 1. The van der Waals surface area contributed by atoms with E-state index in [9.17, 15) is 5.11 Å². The first-order chi connectivity index (χ1) is 8.24. The van der Waals surface area contributed by atoms with Crippen LogP contribution in [0.25, 0.3) is 5.57 Å². The standard InChI is InChI=1S/C14H15BrO2/c15-11-3-1-9(2-4-11)13-6-12(16)5-10-7-17-8-14(10)13/h1-4,10,12,16H,5-8H2/t10-,12+/m1/s1. The van der Waals surface area contributed by atoms with E-state index in [1.807, 2.05) is 0 Å². The molecule has 0 saturated carbocycles. The van der Waals surface area contributed by atoms with Gasteiger partial charge in [0.25, 0.3) is 0 Å². The molecule has 0 bridgehead atoms. The molecule has 1 aliphatic carbocycles. The third kappa shape index (κ3) is 2.19.